The van der Waals surface area contributed by atoms with Gasteiger partial charge in [0.2, 0.25) is 0 Å². The van der Waals surface area contributed by atoms with Gasteiger partial charge < -0.3 is 16.4 Å². The van der Waals surface area contributed by atoms with E-state index >= 15 is 0 Å². The molecule has 3 amide bonds. The predicted octanol–water partition coefficient (Wildman–Crippen LogP) is 3.37. The van der Waals surface area contributed by atoms with Gasteiger partial charge >= 0.3 is 6.03 Å². The minimum Gasteiger partial charge on any atom is -0.351 e. The molecule has 0 saturated carbocycles. The Morgan fingerprint density at radius 2 is 1.95 bits per heavy atom. The molecule has 0 radical (unpaired) electrons. The number of hydrogen-bond acceptors (Lipinski definition) is 3. The van der Waals surface area contributed by atoms with E-state index in [1.807, 2.05) is 17.5 Å². The predicted molar refractivity (Wildman–Crippen MR) is 89.0 cm³/mol. The van der Waals surface area contributed by atoms with Crippen LogP contribution in [0.25, 0.3) is 0 Å². The summed E-state index contributed by atoms with van der Waals surface area (Å²) in [4.78, 5) is 24.4. The number of carbonyl (C=O) groups is 2. The molecule has 1 atom stereocenters. The summed E-state index contributed by atoms with van der Waals surface area (Å²) in [5.41, 5.74) is 6.06. The van der Waals surface area contributed by atoms with Crippen LogP contribution in [-0.4, -0.2) is 11.9 Å². The number of anilines is 1. The smallest absolute Gasteiger partial charge is 0.316 e. The average Bonchev–Trinajstić information content (AvgIpc) is 2.97. The summed E-state index contributed by atoms with van der Waals surface area (Å²) in [5, 5.41) is 7.50. The molecule has 1 aromatic carbocycles. The fraction of sp³-hybridized carbons (Fsp3) is 0.250. The summed E-state index contributed by atoms with van der Waals surface area (Å²) >= 11 is 1.62. The number of amides is 3. The number of urea groups is 1. The van der Waals surface area contributed by atoms with Crippen molar-refractivity contribution in [3.05, 3.63) is 52.2 Å². The Morgan fingerprint density at radius 1 is 1.18 bits per heavy atom. The van der Waals surface area contributed by atoms with Crippen molar-refractivity contribution in [2.45, 2.75) is 19.9 Å². The maximum absolute atomic E-state index is 12.4. The minimum absolute atomic E-state index is 0.0414. The highest BCUT2D eigenvalue weighted by Crippen LogP contribution is 2.26. The van der Waals surface area contributed by atoms with Crippen LogP contribution in [0.15, 0.2) is 41.8 Å². The molecule has 22 heavy (non-hydrogen) atoms. The van der Waals surface area contributed by atoms with Crippen LogP contribution in [0.2, 0.25) is 0 Å². The second kappa shape index (κ2) is 7.09. The molecule has 2 aromatic rings. The molecule has 1 heterocycles. The van der Waals surface area contributed by atoms with Gasteiger partial charge in [-0.3, -0.25) is 4.79 Å². The van der Waals surface area contributed by atoms with Crippen LogP contribution < -0.4 is 16.4 Å². The van der Waals surface area contributed by atoms with Gasteiger partial charge in [0.25, 0.3) is 5.91 Å². The lowest BCUT2D eigenvalue weighted by Gasteiger charge is -2.21. The van der Waals surface area contributed by atoms with Crippen LogP contribution in [-0.2, 0) is 0 Å². The largest absolute Gasteiger partial charge is 0.351 e. The maximum Gasteiger partial charge on any atom is 0.316 e. The van der Waals surface area contributed by atoms with Gasteiger partial charge in [0, 0.05) is 16.1 Å². The average molecular weight is 317 g/mol. The monoisotopic (exact) mass is 317 g/mol. The molecule has 0 saturated heterocycles. The zero-order chi connectivity index (χ0) is 16.1. The molecule has 0 bridgehead atoms. The van der Waals surface area contributed by atoms with Crippen molar-refractivity contribution in [1.82, 2.24) is 5.32 Å². The Bertz CT molecular complexity index is 653. The number of hydrogen-bond donors (Lipinski definition) is 3. The summed E-state index contributed by atoms with van der Waals surface area (Å²) in [5.74, 6) is 0.0924. The summed E-state index contributed by atoms with van der Waals surface area (Å²) in [7, 11) is 0. The molecule has 2 rings (SSSR count). The van der Waals surface area contributed by atoms with Crippen molar-refractivity contribution < 1.29 is 9.59 Å². The standard InChI is InChI=1S/C16H19N3O2S/c1-10(2)14(13-7-4-8-22-13)19-15(20)11-5-3-6-12(9-11)18-16(17)21/h3-10,14H,1-2H3,(H,19,20)(H3,17,18,21). The van der Waals surface area contributed by atoms with Crippen molar-refractivity contribution >= 4 is 29.0 Å². The summed E-state index contributed by atoms with van der Waals surface area (Å²) in [6.45, 7) is 4.13. The lowest BCUT2D eigenvalue weighted by Crippen LogP contribution is -2.31. The van der Waals surface area contributed by atoms with E-state index in [-0.39, 0.29) is 17.9 Å². The van der Waals surface area contributed by atoms with Crippen LogP contribution >= 0.6 is 11.3 Å². The Balaban J connectivity index is 2.15. The molecule has 5 nitrogen and oxygen atoms in total. The molecule has 0 spiro atoms. The van der Waals surface area contributed by atoms with E-state index in [0.29, 0.717) is 11.3 Å². The second-order valence-electron chi connectivity index (χ2n) is 5.28. The number of thiophene rings is 1. The lowest BCUT2D eigenvalue weighted by molar-refractivity contribution is 0.0926. The number of nitrogens with two attached hydrogens (primary N) is 1. The van der Waals surface area contributed by atoms with Crippen LogP contribution in [0.4, 0.5) is 10.5 Å². The number of benzene rings is 1. The number of nitrogens with one attached hydrogen (secondary N) is 2. The first-order valence-corrected chi connectivity index (χ1v) is 7.86. The minimum atomic E-state index is -0.656. The first kappa shape index (κ1) is 16.0. The van der Waals surface area contributed by atoms with Crippen molar-refractivity contribution in [1.29, 1.82) is 0 Å². The van der Waals surface area contributed by atoms with E-state index in [1.54, 1.807) is 35.6 Å². The van der Waals surface area contributed by atoms with Gasteiger partial charge in [-0.1, -0.05) is 26.0 Å². The number of primary amides is 1. The molecule has 1 unspecified atom stereocenters. The molecule has 0 aliphatic rings. The topological polar surface area (TPSA) is 84.2 Å². The normalized spacial score (nSPS) is 12.0. The first-order valence-electron chi connectivity index (χ1n) is 6.98. The van der Waals surface area contributed by atoms with E-state index < -0.39 is 6.03 Å². The fourth-order valence-electron chi connectivity index (χ4n) is 2.14. The highest BCUT2D eigenvalue weighted by Gasteiger charge is 2.20. The summed E-state index contributed by atoms with van der Waals surface area (Å²) in [6.07, 6.45) is 0. The molecule has 0 aliphatic heterocycles. The number of carbonyl (C=O) groups excluding carboxylic acids is 2. The molecule has 0 aliphatic carbocycles. The van der Waals surface area contributed by atoms with Gasteiger partial charge in [-0.25, -0.2) is 4.79 Å². The zero-order valence-electron chi connectivity index (χ0n) is 12.5. The molecule has 1 aromatic heterocycles. The van der Waals surface area contributed by atoms with Gasteiger partial charge in [-0.2, -0.15) is 0 Å². The van der Waals surface area contributed by atoms with Crippen LogP contribution in [0.3, 0.4) is 0 Å². The molecular weight excluding hydrogens is 298 g/mol. The van der Waals surface area contributed by atoms with Gasteiger partial charge in [0.1, 0.15) is 0 Å². The zero-order valence-corrected chi connectivity index (χ0v) is 13.3. The third-order valence-corrected chi connectivity index (χ3v) is 4.15. The van der Waals surface area contributed by atoms with Crippen LogP contribution in [0.1, 0.15) is 35.1 Å². The van der Waals surface area contributed by atoms with E-state index in [0.717, 1.165) is 4.88 Å². The van der Waals surface area contributed by atoms with E-state index in [2.05, 4.69) is 24.5 Å². The van der Waals surface area contributed by atoms with E-state index in [4.69, 9.17) is 5.73 Å². The Hall–Kier alpha value is -2.34. The Morgan fingerprint density at radius 3 is 2.55 bits per heavy atom. The molecule has 116 valence electrons. The van der Waals surface area contributed by atoms with Crippen LogP contribution in [0, 0.1) is 5.92 Å². The molecular formula is C16H19N3O2S. The SMILES string of the molecule is CC(C)C(NC(=O)c1cccc(NC(N)=O)c1)c1cccs1. The molecule has 0 fully saturated rings. The van der Waals surface area contributed by atoms with Gasteiger partial charge in [-0.05, 0) is 35.6 Å². The van der Waals surface area contributed by atoms with Crippen molar-refractivity contribution in [3.63, 3.8) is 0 Å². The summed E-state index contributed by atoms with van der Waals surface area (Å²) in [6, 6.07) is 9.98. The third-order valence-electron chi connectivity index (χ3n) is 3.20. The quantitative estimate of drug-likeness (QED) is 0.790. The van der Waals surface area contributed by atoms with E-state index in [9.17, 15) is 9.59 Å². The Kier molecular flexibility index (Phi) is 5.16. The van der Waals surface area contributed by atoms with Gasteiger partial charge in [0.15, 0.2) is 0 Å². The molecule has 4 N–H and O–H groups in total. The van der Waals surface area contributed by atoms with Crippen molar-refractivity contribution in [3.8, 4) is 0 Å². The van der Waals surface area contributed by atoms with E-state index in [1.165, 1.54) is 0 Å². The van der Waals surface area contributed by atoms with Crippen LogP contribution in [0.5, 0.6) is 0 Å². The maximum atomic E-state index is 12.4. The highest BCUT2D eigenvalue weighted by atomic mass is 32.1. The molecule has 6 heteroatoms. The first-order chi connectivity index (χ1) is 10.5. The highest BCUT2D eigenvalue weighted by molar-refractivity contribution is 7.10. The van der Waals surface area contributed by atoms with Gasteiger partial charge in [-0.15, -0.1) is 11.3 Å². The fourth-order valence-corrected chi connectivity index (χ4v) is 3.09. The van der Waals surface area contributed by atoms with Gasteiger partial charge in [0.05, 0.1) is 6.04 Å². The number of rotatable bonds is 5. The second-order valence-corrected chi connectivity index (χ2v) is 6.26. The Labute approximate surface area is 133 Å². The van der Waals surface area contributed by atoms with Crippen molar-refractivity contribution in [2.75, 3.05) is 5.32 Å². The third kappa shape index (κ3) is 4.08. The van der Waals surface area contributed by atoms with Crippen molar-refractivity contribution in [2.24, 2.45) is 11.7 Å². The summed E-state index contributed by atoms with van der Waals surface area (Å²) < 4.78 is 0. The lowest BCUT2D eigenvalue weighted by atomic mass is 10.0.